The Morgan fingerprint density at radius 3 is 2.48 bits per heavy atom. The molecule has 216 valence electrons. The largest absolute Gasteiger partial charge is 0.497 e. The van der Waals surface area contributed by atoms with Gasteiger partial charge < -0.3 is 30.3 Å². The van der Waals surface area contributed by atoms with E-state index in [1.807, 2.05) is 24.3 Å². The number of carbonyl (C=O) groups is 3. The lowest BCUT2D eigenvalue weighted by Crippen LogP contribution is -2.60. The van der Waals surface area contributed by atoms with Gasteiger partial charge in [0, 0.05) is 32.6 Å². The summed E-state index contributed by atoms with van der Waals surface area (Å²) in [4.78, 5) is 43.6. The number of halogens is 1. The maximum absolute atomic E-state index is 13.9. The van der Waals surface area contributed by atoms with Crippen LogP contribution in [0.3, 0.4) is 0 Å². The highest BCUT2D eigenvalue weighted by atomic mass is 19.1. The molecule has 0 aromatic heterocycles. The van der Waals surface area contributed by atoms with E-state index in [1.54, 1.807) is 49.9 Å². The first-order valence-corrected chi connectivity index (χ1v) is 13.5. The Morgan fingerprint density at radius 2 is 1.85 bits per heavy atom. The fourth-order valence-corrected chi connectivity index (χ4v) is 5.67. The summed E-state index contributed by atoms with van der Waals surface area (Å²) in [6, 6.07) is 12.6. The second kappa shape index (κ2) is 11.9. The molecule has 3 atom stereocenters. The maximum Gasteiger partial charge on any atom is 0.247 e. The van der Waals surface area contributed by atoms with Crippen LogP contribution < -0.4 is 15.8 Å². The molecular formula is C30H39FN4O5. The first-order valence-electron chi connectivity index (χ1n) is 13.5. The molecule has 2 unspecified atom stereocenters. The molecule has 2 fully saturated rings. The van der Waals surface area contributed by atoms with Crippen molar-refractivity contribution in [1.82, 2.24) is 15.1 Å². The minimum absolute atomic E-state index is 0.0289. The van der Waals surface area contributed by atoms with Gasteiger partial charge in [0.2, 0.25) is 17.7 Å². The van der Waals surface area contributed by atoms with E-state index in [1.165, 1.54) is 12.1 Å². The molecule has 2 aromatic carbocycles. The van der Waals surface area contributed by atoms with Gasteiger partial charge in [0.1, 0.15) is 17.6 Å². The predicted octanol–water partition coefficient (Wildman–Crippen LogP) is 2.44. The summed E-state index contributed by atoms with van der Waals surface area (Å²) in [6.07, 6.45) is 1.24. The number of nitrogens with zero attached hydrogens (tertiary/aromatic N) is 2. The number of amides is 3. The number of nitrogens with one attached hydrogen (secondary N) is 1. The summed E-state index contributed by atoms with van der Waals surface area (Å²) in [5, 5.41) is 2.77. The number of methoxy groups -OCH3 is 1. The highest BCUT2D eigenvalue weighted by molar-refractivity contribution is 5.92. The average molecular weight is 555 g/mol. The van der Waals surface area contributed by atoms with Crippen molar-refractivity contribution in [3.05, 3.63) is 65.5 Å². The molecule has 10 heteroatoms. The Labute approximate surface area is 234 Å². The van der Waals surface area contributed by atoms with Crippen LogP contribution in [0.2, 0.25) is 0 Å². The highest BCUT2D eigenvalue weighted by Crippen LogP contribution is 2.49. The van der Waals surface area contributed by atoms with Crippen LogP contribution in [-0.2, 0) is 25.7 Å². The van der Waals surface area contributed by atoms with E-state index in [-0.39, 0.29) is 43.3 Å². The van der Waals surface area contributed by atoms with Gasteiger partial charge in [0.05, 0.1) is 31.3 Å². The summed E-state index contributed by atoms with van der Waals surface area (Å²) in [6.45, 7) is 4.44. The molecule has 1 spiro atoms. The molecule has 0 radical (unpaired) electrons. The molecular weight excluding hydrogens is 515 g/mol. The molecule has 2 aromatic rings. The van der Waals surface area contributed by atoms with Crippen LogP contribution in [0.25, 0.3) is 0 Å². The Hall–Kier alpha value is -3.50. The molecule has 4 rings (SSSR count). The molecule has 40 heavy (non-hydrogen) atoms. The molecule has 3 amide bonds. The summed E-state index contributed by atoms with van der Waals surface area (Å²) in [5.74, 6) is -0.647. The van der Waals surface area contributed by atoms with Crippen molar-refractivity contribution in [3.63, 3.8) is 0 Å². The first kappa shape index (κ1) is 29.5. The second-order valence-electron chi connectivity index (χ2n) is 11.4. The van der Waals surface area contributed by atoms with Crippen molar-refractivity contribution >= 4 is 17.7 Å². The number of carbonyl (C=O) groups excluding carboxylic acids is 3. The van der Waals surface area contributed by atoms with Crippen LogP contribution in [0.5, 0.6) is 5.75 Å². The van der Waals surface area contributed by atoms with Gasteiger partial charge >= 0.3 is 0 Å². The molecule has 0 aliphatic carbocycles. The Bertz CT molecular complexity index is 1210. The van der Waals surface area contributed by atoms with Crippen LogP contribution >= 0.6 is 0 Å². The van der Waals surface area contributed by atoms with Crippen molar-refractivity contribution < 1.29 is 28.2 Å². The third-order valence-electron chi connectivity index (χ3n) is 7.91. The van der Waals surface area contributed by atoms with Crippen LogP contribution in [0, 0.1) is 11.2 Å². The lowest BCUT2D eigenvalue weighted by atomic mass is 9.69. The lowest BCUT2D eigenvalue weighted by molar-refractivity contribution is -0.147. The highest BCUT2D eigenvalue weighted by Gasteiger charge is 2.56. The van der Waals surface area contributed by atoms with Gasteiger partial charge in [-0.15, -0.1) is 0 Å². The van der Waals surface area contributed by atoms with Crippen LogP contribution in [-0.4, -0.2) is 79.5 Å². The molecule has 2 aliphatic heterocycles. The monoisotopic (exact) mass is 554 g/mol. The third kappa shape index (κ3) is 6.28. The van der Waals surface area contributed by atoms with Crippen molar-refractivity contribution in [3.8, 4) is 5.75 Å². The molecule has 9 nitrogen and oxygen atoms in total. The topological polar surface area (TPSA) is 114 Å². The molecule has 2 heterocycles. The molecule has 2 aliphatic rings. The normalized spacial score (nSPS) is 21.9. The summed E-state index contributed by atoms with van der Waals surface area (Å²) in [5.41, 5.74) is 5.73. The maximum atomic E-state index is 13.9. The fourth-order valence-electron chi connectivity index (χ4n) is 5.67. The van der Waals surface area contributed by atoms with Gasteiger partial charge in [0.15, 0.2) is 0 Å². The second-order valence-corrected chi connectivity index (χ2v) is 11.4. The number of rotatable bonds is 9. The van der Waals surface area contributed by atoms with E-state index in [9.17, 15) is 18.8 Å². The number of ether oxygens (including phenoxy) is 2. The van der Waals surface area contributed by atoms with Gasteiger partial charge in [-0.3, -0.25) is 14.4 Å². The predicted molar refractivity (Wildman–Crippen MR) is 148 cm³/mol. The number of benzene rings is 2. The zero-order chi connectivity index (χ0) is 29.1. The minimum atomic E-state index is -1.20. The Morgan fingerprint density at radius 1 is 1.18 bits per heavy atom. The quantitative estimate of drug-likeness (QED) is 0.492. The third-order valence-corrected chi connectivity index (χ3v) is 7.91. The van der Waals surface area contributed by atoms with Gasteiger partial charge in [-0.2, -0.15) is 0 Å². The van der Waals surface area contributed by atoms with Crippen molar-refractivity contribution in [1.29, 1.82) is 0 Å². The number of hydrogen-bond acceptors (Lipinski definition) is 6. The van der Waals surface area contributed by atoms with E-state index < -0.39 is 22.9 Å². The molecule has 3 N–H and O–H groups in total. The lowest BCUT2D eigenvalue weighted by Gasteiger charge is -2.43. The van der Waals surface area contributed by atoms with Crippen molar-refractivity contribution in [2.75, 3.05) is 40.4 Å². The number of hydrogen-bond donors (Lipinski definition) is 2. The van der Waals surface area contributed by atoms with Gasteiger partial charge in [0.25, 0.3) is 0 Å². The SMILES string of the molecule is COc1ccc(COC[C@@H](NC(=O)C(C)(C)N)C(=O)N2CCCC3(C2)C(=O)N(C)CC3c2ccc(F)cc2)cc1. The molecule has 2 saturated heterocycles. The standard InChI is InChI=1S/C30H39FN4O5/c1-29(2,32)27(37)33-25(18-40-17-20-6-12-23(39-4)13-7-20)26(36)35-15-5-14-30(19-35)24(16-34(3)28(30)38)21-8-10-22(31)11-9-21/h6-13,24-25H,5,14-19,32H2,1-4H3,(H,33,37)/t24?,25-,30?/m1/s1. The van der Waals surface area contributed by atoms with E-state index >= 15 is 0 Å². The minimum Gasteiger partial charge on any atom is -0.497 e. The smallest absolute Gasteiger partial charge is 0.247 e. The number of piperidine rings is 1. The number of nitrogens with two attached hydrogens (primary N) is 1. The van der Waals surface area contributed by atoms with Crippen LogP contribution in [0.15, 0.2) is 48.5 Å². The van der Waals surface area contributed by atoms with E-state index in [2.05, 4.69) is 5.32 Å². The average Bonchev–Trinajstić information content (AvgIpc) is 3.17. The van der Waals surface area contributed by atoms with E-state index in [0.29, 0.717) is 25.9 Å². The summed E-state index contributed by atoms with van der Waals surface area (Å²) in [7, 11) is 3.35. The van der Waals surface area contributed by atoms with E-state index in [0.717, 1.165) is 16.9 Å². The number of likely N-dealkylation sites (tertiary alicyclic amines) is 2. The Balaban J connectivity index is 1.53. The van der Waals surface area contributed by atoms with Crippen molar-refractivity contribution in [2.45, 2.75) is 50.8 Å². The van der Waals surface area contributed by atoms with Gasteiger partial charge in [-0.25, -0.2) is 4.39 Å². The summed E-state index contributed by atoms with van der Waals surface area (Å²) >= 11 is 0. The molecule has 0 bridgehead atoms. The molecule has 0 saturated carbocycles. The van der Waals surface area contributed by atoms with Crippen LogP contribution in [0.1, 0.15) is 43.7 Å². The first-order chi connectivity index (χ1) is 18.9. The zero-order valence-corrected chi connectivity index (χ0v) is 23.6. The van der Waals surface area contributed by atoms with Gasteiger partial charge in [-0.1, -0.05) is 24.3 Å². The van der Waals surface area contributed by atoms with E-state index in [4.69, 9.17) is 15.2 Å². The van der Waals surface area contributed by atoms with Crippen LogP contribution in [0.4, 0.5) is 4.39 Å². The zero-order valence-electron chi connectivity index (χ0n) is 23.6. The number of likely N-dealkylation sites (N-methyl/N-ethyl adjacent to an activating group) is 1. The van der Waals surface area contributed by atoms with Crippen molar-refractivity contribution in [2.24, 2.45) is 11.1 Å². The fraction of sp³-hybridized carbons (Fsp3) is 0.500. The van der Waals surface area contributed by atoms with Gasteiger partial charge in [-0.05, 0) is 62.1 Å². The Kier molecular flexibility index (Phi) is 8.80. The summed E-state index contributed by atoms with van der Waals surface area (Å²) < 4.78 is 24.7.